The van der Waals surface area contributed by atoms with Gasteiger partial charge in [0, 0.05) is 44.4 Å². The lowest BCUT2D eigenvalue weighted by Crippen LogP contribution is -2.30. The molecule has 11 heteroatoms. The second-order valence-electron chi connectivity index (χ2n) is 7.54. The van der Waals surface area contributed by atoms with Gasteiger partial charge in [0.1, 0.15) is 5.82 Å². The van der Waals surface area contributed by atoms with Crippen molar-refractivity contribution in [2.45, 2.75) is 19.5 Å². The Labute approximate surface area is 164 Å². The highest BCUT2D eigenvalue weighted by atomic mass is 19.4. The summed E-state index contributed by atoms with van der Waals surface area (Å²) in [6.07, 6.45) is -3.71. The number of rotatable bonds is 3. The quantitative estimate of drug-likeness (QED) is 0.662. The lowest BCUT2D eigenvalue weighted by Gasteiger charge is -2.22. The van der Waals surface area contributed by atoms with Crippen LogP contribution >= 0.6 is 0 Å². The van der Waals surface area contributed by atoms with Gasteiger partial charge in [-0.25, -0.2) is 0 Å². The predicted octanol–water partition coefficient (Wildman–Crippen LogP) is 2.07. The van der Waals surface area contributed by atoms with Crippen LogP contribution in [0.1, 0.15) is 18.4 Å². The number of fused-ring (bicyclic) bond motifs is 2. The maximum atomic E-state index is 12.7. The van der Waals surface area contributed by atoms with Gasteiger partial charge in [-0.2, -0.15) is 17.7 Å². The summed E-state index contributed by atoms with van der Waals surface area (Å²) in [5, 5.41) is 20.1. The van der Waals surface area contributed by atoms with Crippen LogP contribution in [0, 0.1) is 11.8 Å². The summed E-state index contributed by atoms with van der Waals surface area (Å²) in [4.78, 5) is 4.27. The molecule has 3 aromatic heterocycles. The Morgan fingerprint density at radius 1 is 0.862 bits per heavy atom. The van der Waals surface area contributed by atoms with Crippen molar-refractivity contribution >= 4 is 17.3 Å². The van der Waals surface area contributed by atoms with Crippen LogP contribution in [0.2, 0.25) is 0 Å². The van der Waals surface area contributed by atoms with E-state index in [1.807, 2.05) is 24.0 Å². The molecule has 3 aromatic rings. The lowest BCUT2D eigenvalue weighted by atomic mass is 10.0. The van der Waals surface area contributed by atoms with Crippen LogP contribution in [0.25, 0.3) is 5.65 Å². The maximum absolute atomic E-state index is 12.7. The van der Waals surface area contributed by atoms with E-state index in [0.717, 1.165) is 56.0 Å². The molecule has 0 spiro atoms. The Bertz CT molecular complexity index is 1020. The number of aryl methyl sites for hydroxylation is 1. The van der Waals surface area contributed by atoms with Gasteiger partial charge in [-0.1, -0.05) is 6.92 Å². The first-order valence-corrected chi connectivity index (χ1v) is 9.54. The number of alkyl halides is 3. The zero-order valence-corrected chi connectivity index (χ0v) is 15.7. The molecule has 0 bridgehead atoms. The first-order valence-electron chi connectivity index (χ1n) is 9.54. The summed E-state index contributed by atoms with van der Waals surface area (Å²) in [5.41, 5.74) is -0.231. The minimum Gasteiger partial charge on any atom is -0.354 e. The number of hydrogen-bond donors (Lipinski definition) is 0. The first-order chi connectivity index (χ1) is 13.9. The molecule has 2 aliphatic rings. The van der Waals surface area contributed by atoms with Gasteiger partial charge in [-0.05, 0) is 24.3 Å². The standard InChI is InChI=1S/C18H19F3N8/c1-2-14-23-25-16-5-6-17(26-29(14)16)28-9-11-7-27(8-12(11)10-28)15-4-3-13(22-24-15)18(19,20)21/h3-6,11-12H,2,7-10H2,1H3. The summed E-state index contributed by atoms with van der Waals surface area (Å²) in [5.74, 6) is 3.03. The Balaban J connectivity index is 1.28. The number of anilines is 2. The summed E-state index contributed by atoms with van der Waals surface area (Å²) in [6, 6.07) is 6.28. The molecule has 29 heavy (non-hydrogen) atoms. The third-order valence-corrected chi connectivity index (χ3v) is 5.70. The van der Waals surface area contributed by atoms with Crippen molar-refractivity contribution in [2.75, 3.05) is 36.0 Å². The van der Waals surface area contributed by atoms with E-state index in [1.54, 1.807) is 4.52 Å². The van der Waals surface area contributed by atoms with Crippen molar-refractivity contribution < 1.29 is 13.2 Å². The fourth-order valence-corrected chi connectivity index (χ4v) is 4.23. The number of halogens is 3. The van der Waals surface area contributed by atoms with Gasteiger partial charge in [0.25, 0.3) is 0 Å². The summed E-state index contributed by atoms with van der Waals surface area (Å²) in [6.45, 7) is 5.20. The third-order valence-electron chi connectivity index (χ3n) is 5.70. The molecule has 2 fully saturated rings. The summed E-state index contributed by atoms with van der Waals surface area (Å²) < 4.78 is 39.8. The van der Waals surface area contributed by atoms with Crippen molar-refractivity contribution in [3.8, 4) is 0 Å². The van der Waals surface area contributed by atoms with Gasteiger partial charge in [0.2, 0.25) is 0 Å². The number of aromatic nitrogens is 6. The van der Waals surface area contributed by atoms with Crippen LogP contribution in [-0.2, 0) is 12.6 Å². The second kappa shape index (κ2) is 6.53. The molecule has 0 aromatic carbocycles. The molecule has 152 valence electrons. The van der Waals surface area contributed by atoms with E-state index in [4.69, 9.17) is 5.10 Å². The van der Waals surface area contributed by atoms with E-state index < -0.39 is 11.9 Å². The van der Waals surface area contributed by atoms with Gasteiger partial charge in [-0.15, -0.1) is 25.5 Å². The Morgan fingerprint density at radius 3 is 2.10 bits per heavy atom. The van der Waals surface area contributed by atoms with Crippen molar-refractivity contribution in [1.82, 2.24) is 30.0 Å². The summed E-state index contributed by atoms with van der Waals surface area (Å²) >= 11 is 0. The van der Waals surface area contributed by atoms with E-state index in [9.17, 15) is 13.2 Å². The molecule has 0 amide bonds. The molecular formula is C18H19F3N8. The smallest absolute Gasteiger partial charge is 0.354 e. The van der Waals surface area contributed by atoms with Gasteiger partial charge in [-0.3, -0.25) is 0 Å². The first kappa shape index (κ1) is 18.1. The van der Waals surface area contributed by atoms with Crippen LogP contribution < -0.4 is 9.80 Å². The third kappa shape index (κ3) is 3.14. The summed E-state index contributed by atoms with van der Waals surface area (Å²) in [7, 11) is 0. The minimum atomic E-state index is -4.47. The molecule has 5 rings (SSSR count). The molecule has 2 saturated heterocycles. The SMILES string of the molecule is CCc1nnc2ccc(N3CC4CN(c5ccc(C(F)(F)F)nn5)CC4C3)nn12. The highest BCUT2D eigenvalue weighted by molar-refractivity contribution is 5.48. The van der Waals surface area contributed by atoms with Gasteiger partial charge < -0.3 is 9.80 Å². The normalized spacial score (nSPS) is 21.9. The monoisotopic (exact) mass is 404 g/mol. The number of hydrogen-bond acceptors (Lipinski definition) is 7. The van der Waals surface area contributed by atoms with Crippen LogP contribution in [0.5, 0.6) is 0 Å². The molecule has 8 nitrogen and oxygen atoms in total. The fourth-order valence-electron chi connectivity index (χ4n) is 4.23. The average Bonchev–Trinajstić information content (AvgIpc) is 3.39. The van der Waals surface area contributed by atoms with Crippen LogP contribution in [0.15, 0.2) is 24.3 Å². The van der Waals surface area contributed by atoms with E-state index >= 15 is 0 Å². The average molecular weight is 404 g/mol. The second-order valence-corrected chi connectivity index (χ2v) is 7.54. The molecular weight excluding hydrogens is 385 g/mol. The van der Waals surface area contributed by atoms with E-state index in [0.29, 0.717) is 17.7 Å². The molecule has 0 radical (unpaired) electrons. The zero-order valence-electron chi connectivity index (χ0n) is 15.7. The highest BCUT2D eigenvalue weighted by Gasteiger charge is 2.41. The van der Waals surface area contributed by atoms with Crippen molar-refractivity contribution in [3.63, 3.8) is 0 Å². The molecule has 0 N–H and O–H groups in total. The Kier molecular flexibility index (Phi) is 4.07. The van der Waals surface area contributed by atoms with Gasteiger partial charge in [0.15, 0.2) is 23.0 Å². The Hall–Kier alpha value is -2.98. The Morgan fingerprint density at radius 2 is 1.52 bits per heavy atom. The van der Waals surface area contributed by atoms with E-state index in [-0.39, 0.29) is 0 Å². The topological polar surface area (TPSA) is 75.3 Å². The van der Waals surface area contributed by atoms with Crippen LogP contribution in [0.4, 0.5) is 24.8 Å². The van der Waals surface area contributed by atoms with Gasteiger partial charge in [0.05, 0.1) is 0 Å². The van der Waals surface area contributed by atoms with Crippen LogP contribution in [-0.4, -0.2) is 56.2 Å². The lowest BCUT2D eigenvalue weighted by molar-refractivity contribution is -0.141. The van der Waals surface area contributed by atoms with E-state index in [1.165, 1.54) is 6.07 Å². The van der Waals surface area contributed by atoms with Crippen molar-refractivity contribution in [1.29, 1.82) is 0 Å². The molecule has 0 aliphatic carbocycles. The highest BCUT2D eigenvalue weighted by Crippen LogP contribution is 2.35. The molecule has 2 unspecified atom stereocenters. The number of nitrogens with zero attached hydrogens (tertiary/aromatic N) is 8. The molecule has 2 aliphatic heterocycles. The van der Waals surface area contributed by atoms with Crippen molar-refractivity contribution in [2.24, 2.45) is 11.8 Å². The molecule has 0 saturated carbocycles. The maximum Gasteiger partial charge on any atom is 0.435 e. The predicted molar refractivity (Wildman–Crippen MR) is 98.6 cm³/mol. The zero-order chi connectivity index (χ0) is 20.2. The van der Waals surface area contributed by atoms with Gasteiger partial charge >= 0.3 is 6.18 Å². The fraction of sp³-hybridized carbons (Fsp3) is 0.500. The minimum absolute atomic E-state index is 0.406. The molecule has 2 atom stereocenters. The molecule has 5 heterocycles. The largest absolute Gasteiger partial charge is 0.435 e. The van der Waals surface area contributed by atoms with Crippen LogP contribution in [0.3, 0.4) is 0 Å². The van der Waals surface area contributed by atoms with E-state index in [2.05, 4.69) is 25.3 Å². The van der Waals surface area contributed by atoms with Crippen molar-refractivity contribution in [3.05, 3.63) is 35.8 Å².